The molecule has 1 aliphatic rings. The summed E-state index contributed by atoms with van der Waals surface area (Å²) in [7, 11) is 1.33. The number of carbonyl (C=O) groups excluding carboxylic acids is 1. The molecule has 0 spiro atoms. The van der Waals surface area contributed by atoms with E-state index < -0.39 is 24.4 Å². The number of cyclic esters (lactones) is 1. The Morgan fingerprint density at radius 3 is 2.40 bits per heavy atom. The van der Waals surface area contributed by atoms with E-state index in [1.54, 1.807) is 0 Å². The maximum absolute atomic E-state index is 12.5. The first-order valence-corrected chi connectivity index (χ1v) is 4.73. The first-order chi connectivity index (χ1) is 6.73. The largest absolute Gasteiger partial charge is 0.434 e. The molecule has 1 aliphatic heterocycles. The van der Waals surface area contributed by atoms with E-state index in [1.165, 1.54) is 7.05 Å². The quantitative estimate of drug-likeness (QED) is 0.722. The van der Waals surface area contributed by atoms with Crippen molar-refractivity contribution in [1.29, 1.82) is 0 Å². The summed E-state index contributed by atoms with van der Waals surface area (Å²) in [6.45, 7) is 3.62. The molecule has 15 heavy (non-hydrogen) atoms. The van der Waals surface area contributed by atoms with E-state index in [9.17, 15) is 18.0 Å². The predicted molar refractivity (Wildman–Crippen MR) is 47.3 cm³/mol. The van der Waals surface area contributed by atoms with Gasteiger partial charge in [-0.05, 0) is 12.3 Å². The van der Waals surface area contributed by atoms with Crippen LogP contribution < -0.4 is 0 Å². The van der Waals surface area contributed by atoms with Gasteiger partial charge < -0.3 is 9.64 Å². The molecule has 1 saturated heterocycles. The Morgan fingerprint density at radius 2 is 2.00 bits per heavy atom. The molecule has 0 N–H and O–H groups in total. The molecule has 1 fully saturated rings. The summed E-state index contributed by atoms with van der Waals surface area (Å²) in [6.07, 6.45) is -7.09. The lowest BCUT2D eigenvalue weighted by Crippen LogP contribution is -2.42. The molecule has 6 heteroatoms. The van der Waals surface area contributed by atoms with Crippen LogP contribution in [0.5, 0.6) is 0 Å². The van der Waals surface area contributed by atoms with Crippen LogP contribution in [0.3, 0.4) is 0 Å². The van der Waals surface area contributed by atoms with Crippen LogP contribution in [0.25, 0.3) is 0 Å². The highest BCUT2D eigenvalue weighted by molar-refractivity contribution is 5.70. The van der Waals surface area contributed by atoms with Crippen molar-refractivity contribution in [2.45, 2.75) is 38.6 Å². The van der Waals surface area contributed by atoms with Gasteiger partial charge in [0.2, 0.25) is 6.10 Å². The Labute approximate surface area is 86.2 Å². The SMILES string of the molecule is CC(C)C[C@H]1[C@H](C(F)(F)F)OC(=O)N1C. The van der Waals surface area contributed by atoms with Gasteiger partial charge in [-0.15, -0.1) is 0 Å². The van der Waals surface area contributed by atoms with Crippen LogP contribution in [-0.2, 0) is 4.74 Å². The van der Waals surface area contributed by atoms with Gasteiger partial charge in [0, 0.05) is 7.05 Å². The van der Waals surface area contributed by atoms with Gasteiger partial charge >= 0.3 is 12.3 Å². The number of hydrogen-bond donors (Lipinski definition) is 0. The maximum atomic E-state index is 12.5. The minimum Gasteiger partial charge on any atom is -0.434 e. The Bertz CT molecular complexity index is 252. The summed E-state index contributed by atoms with van der Waals surface area (Å²) in [5.74, 6) is 0.0804. The topological polar surface area (TPSA) is 29.5 Å². The van der Waals surface area contributed by atoms with E-state index in [2.05, 4.69) is 4.74 Å². The van der Waals surface area contributed by atoms with Crippen molar-refractivity contribution in [2.75, 3.05) is 7.05 Å². The lowest BCUT2D eigenvalue weighted by molar-refractivity contribution is -0.201. The highest BCUT2D eigenvalue weighted by Crippen LogP contribution is 2.34. The number of amides is 1. The summed E-state index contributed by atoms with van der Waals surface area (Å²) in [5, 5.41) is 0. The highest BCUT2D eigenvalue weighted by Gasteiger charge is 2.54. The van der Waals surface area contributed by atoms with Crippen LogP contribution in [0, 0.1) is 5.92 Å². The van der Waals surface area contributed by atoms with Crippen molar-refractivity contribution in [3.8, 4) is 0 Å². The molecular formula is C9H14F3NO2. The first-order valence-electron chi connectivity index (χ1n) is 4.73. The molecule has 1 amide bonds. The Morgan fingerprint density at radius 1 is 1.47 bits per heavy atom. The van der Waals surface area contributed by atoms with Crippen LogP contribution in [0.15, 0.2) is 0 Å². The number of ether oxygens (including phenoxy) is 1. The highest BCUT2D eigenvalue weighted by atomic mass is 19.4. The van der Waals surface area contributed by atoms with E-state index in [-0.39, 0.29) is 12.3 Å². The number of halogens is 3. The fraction of sp³-hybridized carbons (Fsp3) is 0.889. The smallest absolute Gasteiger partial charge is 0.427 e. The van der Waals surface area contributed by atoms with Gasteiger partial charge in [-0.2, -0.15) is 13.2 Å². The monoisotopic (exact) mass is 225 g/mol. The number of alkyl halides is 3. The van der Waals surface area contributed by atoms with Gasteiger partial charge in [-0.1, -0.05) is 13.8 Å². The van der Waals surface area contributed by atoms with Crippen LogP contribution in [0.2, 0.25) is 0 Å². The van der Waals surface area contributed by atoms with Gasteiger partial charge in [0.15, 0.2) is 0 Å². The third-order valence-electron chi connectivity index (χ3n) is 2.40. The molecule has 0 saturated carbocycles. The van der Waals surface area contributed by atoms with Crippen molar-refractivity contribution in [3.05, 3.63) is 0 Å². The fourth-order valence-corrected chi connectivity index (χ4v) is 1.66. The van der Waals surface area contributed by atoms with Gasteiger partial charge in [0.25, 0.3) is 0 Å². The van der Waals surface area contributed by atoms with E-state index >= 15 is 0 Å². The van der Waals surface area contributed by atoms with Crippen molar-refractivity contribution in [1.82, 2.24) is 4.90 Å². The van der Waals surface area contributed by atoms with Crippen LogP contribution >= 0.6 is 0 Å². The van der Waals surface area contributed by atoms with E-state index in [0.717, 1.165) is 4.90 Å². The zero-order valence-electron chi connectivity index (χ0n) is 8.84. The van der Waals surface area contributed by atoms with Gasteiger partial charge in [0.1, 0.15) is 0 Å². The molecule has 0 unspecified atom stereocenters. The van der Waals surface area contributed by atoms with Crippen molar-refractivity contribution in [2.24, 2.45) is 5.92 Å². The normalized spacial score (nSPS) is 27.4. The summed E-state index contributed by atoms with van der Waals surface area (Å²) < 4.78 is 41.8. The molecule has 0 aromatic carbocycles. The number of carbonyl (C=O) groups is 1. The Balaban J connectivity index is 2.82. The van der Waals surface area contributed by atoms with Crippen LogP contribution in [0.4, 0.5) is 18.0 Å². The standard InChI is InChI=1S/C9H14F3NO2/c1-5(2)4-6-7(9(10,11)12)15-8(14)13(6)3/h5-7H,4H2,1-3H3/t6-,7+/m0/s1. The predicted octanol–water partition coefficient (Wildman–Crippen LogP) is 2.41. The second-order valence-corrected chi connectivity index (χ2v) is 4.15. The lowest BCUT2D eigenvalue weighted by atomic mass is 9.99. The van der Waals surface area contributed by atoms with Crippen LogP contribution in [-0.4, -0.2) is 36.4 Å². The molecule has 1 rings (SSSR count). The van der Waals surface area contributed by atoms with E-state index in [1.807, 2.05) is 13.8 Å². The zero-order chi connectivity index (χ0) is 11.8. The number of nitrogens with zero attached hydrogens (tertiary/aromatic N) is 1. The minimum atomic E-state index is -4.49. The number of likely N-dealkylation sites (N-methyl/N-ethyl adjacent to an activating group) is 1. The van der Waals surface area contributed by atoms with Crippen molar-refractivity contribution in [3.63, 3.8) is 0 Å². The zero-order valence-corrected chi connectivity index (χ0v) is 8.84. The summed E-state index contributed by atoms with van der Waals surface area (Å²) in [5.41, 5.74) is 0. The molecule has 0 aliphatic carbocycles. The summed E-state index contributed by atoms with van der Waals surface area (Å²) >= 11 is 0. The number of rotatable bonds is 2. The maximum Gasteiger partial charge on any atom is 0.427 e. The molecule has 88 valence electrons. The van der Waals surface area contributed by atoms with Crippen molar-refractivity contribution >= 4 is 6.09 Å². The molecule has 2 atom stereocenters. The van der Waals surface area contributed by atoms with Gasteiger partial charge in [-0.3, -0.25) is 0 Å². The summed E-state index contributed by atoms with van der Waals surface area (Å²) in [6, 6.07) is -0.905. The molecule has 0 radical (unpaired) electrons. The van der Waals surface area contributed by atoms with Gasteiger partial charge in [-0.25, -0.2) is 4.79 Å². The Kier molecular flexibility index (Phi) is 3.16. The Hall–Kier alpha value is -0.940. The van der Waals surface area contributed by atoms with Crippen LogP contribution in [0.1, 0.15) is 20.3 Å². The molecule has 3 nitrogen and oxygen atoms in total. The third-order valence-corrected chi connectivity index (χ3v) is 2.40. The van der Waals surface area contributed by atoms with Crippen molar-refractivity contribution < 1.29 is 22.7 Å². The average molecular weight is 225 g/mol. The molecule has 1 heterocycles. The van der Waals surface area contributed by atoms with E-state index in [4.69, 9.17) is 0 Å². The molecule has 0 aromatic rings. The first kappa shape index (κ1) is 12.1. The van der Waals surface area contributed by atoms with E-state index in [0.29, 0.717) is 0 Å². The lowest BCUT2D eigenvalue weighted by Gasteiger charge is -2.24. The molecular weight excluding hydrogens is 211 g/mol. The average Bonchev–Trinajstić information content (AvgIpc) is 2.30. The molecule has 0 bridgehead atoms. The molecule has 0 aromatic heterocycles. The van der Waals surface area contributed by atoms with Gasteiger partial charge in [0.05, 0.1) is 6.04 Å². The second-order valence-electron chi connectivity index (χ2n) is 4.15. The fourth-order valence-electron chi connectivity index (χ4n) is 1.66. The minimum absolute atomic E-state index is 0.0804. The summed E-state index contributed by atoms with van der Waals surface area (Å²) in [4.78, 5) is 12.1. The second kappa shape index (κ2) is 3.90. The number of hydrogen-bond acceptors (Lipinski definition) is 2. The third kappa shape index (κ3) is 2.54.